The molecule has 1 aliphatic rings. The molecule has 1 saturated carbocycles. The fourth-order valence-corrected chi connectivity index (χ4v) is 3.37. The van der Waals surface area contributed by atoms with Gasteiger partial charge in [0.2, 0.25) is 0 Å². The van der Waals surface area contributed by atoms with Crippen molar-refractivity contribution in [3.63, 3.8) is 0 Å². The highest BCUT2D eigenvalue weighted by Gasteiger charge is 2.26. The topological polar surface area (TPSA) is 18.5 Å². The Morgan fingerprint density at radius 1 is 1.33 bits per heavy atom. The fourth-order valence-electron chi connectivity index (χ4n) is 2.05. The Morgan fingerprint density at radius 2 is 2.11 bits per heavy atom. The molecule has 0 saturated heterocycles. The van der Waals surface area contributed by atoms with Gasteiger partial charge in [-0.05, 0) is 52.4 Å². The minimum atomic E-state index is 0.468. The van der Waals surface area contributed by atoms with E-state index in [2.05, 4.69) is 44.0 Å². The molecule has 18 heavy (non-hydrogen) atoms. The maximum atomic E-state index is 5.63. The normalized spacial score (nSPS) is 17.3. The van der Waals surface area contributed by atoms with E-state index in [1.165, 1.54) is 24.8 Å². The van der Waals surface area contributed by atoms with Crippen LogP contribution in [0.5, 0.6) is 5.75 Å². The zero-order chi connectivity index (χ0) is 13.0. The molecule has 4 heteroatoms. The van der Waals surface area contributed by atoms with E-state index in [1.54, 1.807) is 7.11 Å². The molecular formula is C14H18Br2O2. The zero-order valence-electron chi connectivity index (χ0n) is 10.5. The molecule has 1 atom stereocenters. The van der Waals surface area contributed by atoms with Gasteiger partial charge in [-0.25, -0.2) is 0 Å². The van der Waals surface area contributed by atoms with E-state index < -0.39 is 0 Å². The van der Waals surface area contributed by atoms with Gasteiger partial charge in [-0.2, -0.15) is 0 Å². The third-order valence-corrected chi connectivity index (χ3v) is 5.28. The van der Waals surface area contributed by atoms with Crippen LogP contribution < -0.4 is 4.74 Å². The lowest BCUT2D eigenvalue weighted by atomic mass is 9.81. The second kappa shape index (κ2) is 6.92. The van der Waals surface area contributed by atoms with E-state index in [-0.39, 0.29) is 0 Å². The predicted molar refractivity (Wildman–Crippen MR) is 80.5 cm³/mol. The van der Waals surface area contributed by atoms with E-state index in [9.17, 15) is 0 Å². The van der Waals surface area contributed by atoms with E-state index in [1.807, 2.05) is 6.07 Å². The molecule has 0 radical (unpaired) electrons. The van der Waals surface area contributed by atoms with Crippen LogP contribution in [-0.2, 0) is 4.74 Å². The van der Waals surface area contributed by atoms with Crippen LogP contribution in [0, 0.1) is 5.92 Å². The van der Waals surface area contributed by atoms with Gasteiger partial charge in [-0.1, -0.05) is 28.4 Å². The number of methoxy groups -OCH3 is 1. The Kier molecular flexibility index (Phi) is 5.52. The molecule has 1 aromatic carbocycles. The van der Waals surface area contributed by atoms with Crippen molar-refractivity contribution in [1.82, 2.24) is 0 Å². The average Bonchev–Trinajstić information content (AvgIpc) is 2.29. The summed E-state index contributed by atoms with van der Waals surface area (Å²) >= 11 is 7.37. The van der Waals surface area contributed by atoms with Gasteiger partial charge in [0, 0.05) is 11.9 Å². The van der Waals surface area contributed by atoms with Gasteiger partial charge in [0.1, 0.15) is 12.4 Å². The monoisotopic (exact) mass is 376 g/mol. The first-order chi connectivity index (χ1) is 8.72. The molecule has 1 aliphatic carbocycles. The molecule has 0 spiro atoms. The molecule has 1 unspecified atom stereocenters. The Hall–Kier alpha value is -0.0600. The van der Waals surface area contributed by atoms with Crippen LogP contribution in [0.4, 0.5) is 0 Å². The maximum Gasteiger partial charge on any atom is 0.133 e. The summed E-state index contributed by atoms with van der Waals surface area (Å²) in [5.74, 6) is 1.67. The van der Waals surface area contributed by atoms with Gasteiger partial charge in [0.05, 0.1) is 11.1 Å². The number of alkyl halides is 1. The van der Waals surface area contributed by atoms with Crippen molar-refractivity contribution in [3.8, 4) is 5.75 Å². The molecule has 2 nitrogen and oxygen atoms in total. The quantitative estimate of drug-likeness (QED) is 0.527. The Balaban J connectivity index is 1.99. The number of benzene rings is 1. The van der Waals surface area contributed by atoms with Crippen molar-refractivity contribution in [1.29, 1.82) is 0 Å². The summed E-state index contributed by atoms with van der Waals surface area (Å²) in [6, 6.07) is 6.33. The number of hydrogen-bond donors (Lipinski definition) is 0. The van der Waals surface area contributed by atoms with Crippen molar-refractivity contribution < 1.29 is 9.47 Å². The number of rotatable bonds is 6. The molecule has 0 bridgehead atoms. The molecule has 100 valence electrons. The Morgan fingerprint density at radius 3 is 2.67 bits per heavy atom. The molecule has 0 N–H and O–H groups in total. The summed E-state index contributed by atoms with van der Waals surface area (Å²) < 4.78 is 11.6. The van der Waals surface area contributed by atoms with Gasteiger partial charge < -0.3 is 9.47 Å². The second-order valence-electron chi connectivity index (χ2n) is 4.62. The van der Waals surface area contributed by atoms with E-state index in [0.29, 0.717) is 18.0 Å². The lowest BCUT2D eigenvalue weighted by Gasteiger charge is -2.30. The summed E-state index contributed by atoms with van der Waals surface area (Å²) in [6.45, 7) is 1.19. The molecule has 0 heterocycles. The van der Waals surface area contributed by atoms with Crippen LogP contribution in [0.2, 0.25) is 0 Å². The number of ether oxygens (including phenoxy) is 2. The van der Waals surface area contributed by atoms with Gasteiger partial charge in [-0.3, -0.25) is 0 Å². The largest absolute Gasteiger partial charge is 0.490 e. The molecular weight excluding hydrogens is 360 g/mol. The molecule has 2 rings (SSSR count). The van der Waals surface area contributed by atoms with Crippen molar-refractivity contribution in [3.05, 3.63) is 28.2 Å². The van der Waals surface area contributed by atoms with E-state index in [4.69, 9.17) is 9.47 Å². The minimum absolute atomic E-state index is 0.468. The van der Waals surface area contributed by atoms with Crippen molar-refractivity contribution in [2.24, 2.45) is 5.92 Å². The standard InChI is InChI=1S/C14H18Br2O2/c1-17-7-8-18-13-6-5-11(9-12(13)15)14(16)10-3-2-4-10/h5-6,9-10,14H,2-4,7-8H2,1H3. The third kappa shape index (κ3) is 3.49. The summed E-state index contributed by atoms with van der Waals surface area (Å²) in [4.78, 5) is 0.468. The summed E-state index contributed by atoms with van der Waals surface area (Å²) in [5.41, 5.74) is 1.32. The van der Waals surface area contributed by atoms with E-state index >= 15 is 0 Å². The highest BCUT2D eigenvalue weighted by atomic mass is 79.9. The van der Waals surface area contributed by atoms with Crippen LogP contribution in [0.25, 0.3) is 0 Å². The van der Waals surface area contributed by atoms with Crippen molar-refractivity contribution in [2.45, 2.75) is 24.1 Å². The maximum absolute atomic E-state index is 5.63. The summed E-state index contributed by atoms with van der Waals surface area (Å²) in [5, 5.41) is 0. The molecule has 1 fully saturated rings. The predicted octanol–water partition coefficient (Wildman–Crippen LogP) is 4.71. The summed E-state index contributed by atoms with van der Waals surface area (Å²) in [6.07, 6.45) is 4.03. The van der Waals surface area contributed by atoms with Crippen LogP contribution in [0.1, 0.15) is 29.7 Å². The minimum Gasteiger partial charge on any atom is -0.490 e. The second-order valence-corrected chi connectivity index (χ2v) is 6.46. The molecule has 0 aliphatic heterocycles. The molecule has 0 aromatic heterocycles. The first-order valence-corrected chi connectivity index (χ1v) is 7.98. The smallest absolute Gasteiger partial charge is 0.133 e. The summed E-state index contributed by atoms with van der Waals surface area (Å²) in [7, 11) is 1.68. The van der Waals surface area contributed by atoms with Crippen molar-refractivity contribution >= 4 is 31.9 Å². The average molecular weight is 378 g/mol. The SMILES string of the molecule is COCCOc1ccc(C(Br)C2CCC2)cc1Br. The Labute approximate surface area is 125 Å². The fraction of sp³-hybridized carbons (Fsp3) is 0.571. The molecule has 1 aromatic rings. The van der Waals surface area contributed by atoms with Crippen LogP contribution in [0.15, 0.2) is 22.7 Å². The van der Waals surface area contributed by atoms with Crippen LogP contribution in [0.3, 0.4) is 0 Å². The lowest BCUT2D eigenvalue weighted by Crippen LogP contribution is -2.16. The van der Waals surface area contributed by atoms with Crippen molar-refractivity contribution in [2.75, 3.05) is 20.3 Å². The highest BCUT2D eigenvalue weighted by Crippen LogP contribution is 2.44. The van der Waals surface area contributed by atoms with Gasteiger partial charge in [0.25, 0.3) is 0 Å². The van der Waals surface area contributed by atoms with Gasteiger partial charge in [0.15, 0.2) is 0 Å². The highest BCUT2D eigenvalue weighted by molar-refractivity contribution is 9.10. The van der Waals surface area contributed by atoms with E-state index in [0.717, 1.165) is 16.1 Å². The lowest BCUT2D eigenvalue weighted by molar-refractivity contribution is 0.146. The van der Waals surface area contributed by atoms with Crippen LogP contribution in [-0.4, -0.2) is 20.3 Å². The number of hydrogen-bond acceptors (Lipinski definition) is 2. The first kappa shape index (κ1) is 14.4. The van der Waals surface area contributed by atoms with Gasteiger partial charge >= 0.3 is 0 Å². The van der Waals surface area contributed by atoms with Crippen LogP contribution >= 0.6 is 31.9 Å². The molecule has 0 amide bonds. The Bertz CT molecular complexity index is 391. The zero-order valence-corrected chi connectivity index (χ0v) is 13.7. The number of halogens is 2. The third-order valence-electron chi connectivity index (χ3n) is 3.38. The first-order valence-electron chi connectivity index (χ1n) is 6.27. The van der Waals surface area contributed by atoms with Gasteiger partial charge in [-0.15, -0.1) is 0 Å².